The summed E-state index contributed by atoms with van der Waals surface area (Å²) in [6.45, 7) is 9.12. The van der Waals surface area contributed by atoms with Crippen molar-refractivity contribution >= 4 is 0 Å². The van der Waals surface area contributed by atoms with Crippen LogP contribution in [-0.4, -0.2) is 11.2 Å². The minimum atomic E-state index is -0.0599. The molecule has 1 unspecified atom stereocenters. The molecule has 1 saturated carbocycles. The zero-order valence-electron chi connectivity index (χ0n) is 15.1. The molecule has 4 rings (SSSR count). The van der Waals surface area contributed by atoms with Crippen LogP contribution in [0, 0.1) is 5.92 Å². The van der Waals surface area contributed by atoms with Crippen molar-refractivity contribution in [2.75, 3.05) is 0 Å². The first-order valence-electron chi connectivity index (χ1n) is 9.47. The zero-order valence-corrected chi connectivity index (χ0v) is 15.1. The van der Waals surface area contributed by atoms with E-state index in [4.69, 9.17) is 9.47 Å². The van der Waals surface area contributed by atoms with Crippen LogP contribution in [0.25, 0.3) is 0 Å². The molecular formula is C21H30O2. The van der Waals surface area contributed by atoms with Gasteiger partial charge in [0.25, 0.3) is 0 Å². The molecule has 2 heteroatoms. The quantitative estimate of drug-likeness (QED) is 0.671. The highest BCUT2D eigenvalue weighted by molar-refractivity contribution is 5.54. The number of aryl methyl sites for hydroxylation is 1. The van der Waals surface area contributed by atoms with Crippen LogP contribution < -0.4 is 9.47 Å². The summed E-state index contributed by atoms with van der Waals surface area (Å²) in [5, 5.41) is 0. The second-order valence-corrected chi connectivity index (χ2v) is 8.68. The Morgan fingerprint density at radius 3 is 2.57 bits per heavy atom. The van der Waals surface area contributed by atoms with Crippen molar-refractivity contribution in [3.8, 4) is 11.5 Å². The summed E-state index contributed by atoms with van der Waals surface area (Å²) < 4.78 is 13.0. The van der Waals surface area contributed by atoms with Gasteiger partial charge in [-0.1, -0.05) is 19.8 Å². The lowest BCUT2D eigenvalue weighted by molar-refractivity contribution is -0.0727. The van der Waals surface area contributed by atoms with Crippen LogP contribution >= 0.6 is 0 Å². The van der Waals surface area contributed by atoms with Gasteiger partial charge in [0.2, 0.25) is 0 Å². The predicted octanol–water partition coefficient (Wildman–Crippen LogP) is 5.63. The first-order valence-corrected chi connectivity index (χ1v) is 9.47. The first kappa shape index (κ1) is 15.4. The Balaban J connectivity index is 1.76. The number of hydrogen-bond acceptors (Lipinski definition) is 2. The normalized spacial score (nSPS) is 32.9. The van der Waals surface area contributed by atoms with E-state index in [-0.39, 0.29) is 11.2 Å². The Morgan fingerprint density at radius 2 is 1.83 bits per heavy atom. The molecule has 2 heterocycles. The zero-order chi connectivity index (χ0) is 16.2. The lowest BCUT2D eigenvalue weighted by Gasteiger charge is -2.55. The van der Waals surface area contributed by atoms with Gasteiger partial charge >= 0.3 is 0 Å². The van der Waals surface area contributed by atoms with Crippen LogP contribution in [-0.2, 0) is 6.42 Å². The molecular weight excluding hydrogens is 284 g/mol. The maximum Gasteiger partial charge on any atom is 0.127 e. The van der Waals surface area contributed by atoms with Crippen molar-refractivity contribution in [2.24, 2.45) is 5.92 Å². The fraction of sp³-hybridized carbons (Fsp3) is 0.714. The molecule has 2 bridgehead atoms. The van der Waals surface area contributed by atoms with Gasteiger partial charge in [-0.2, -0.15) is 0 Å². The average molecular weight is 314 g/mol. The Bertz CT molecular complexity index is 601. The fourth-order valence-corrected chi connectivity index (χ4v) is 5.14. The van der Waals surface area contributed by atoms with Gasteiger partial charge in [-0.3, -0.25) is 0 Å². The van der Waals surface area contributed by atoms with E-state index in [0.29, 0.717) is 11.8 Å². The number of rotatable bonds is 4. The summed E-state index contributed by atoms with van der Waals surface area (Å²) in [5.74, 6) is 3.45. The van der Waals surface area contributed by atoms with Crippen molar-refractivity contribution < 1.29 is 9.47 Å². The summed E-state index contributed by atoms with van der Waals surface area (Å²) >= 11 is 0. The van der Waals surface area contributed by atoms with Crippen LogP contribution in [0.5, 0.6) is 11.5 Å². The van der Waals surface area contributed by atoms with Gasteiger partial charge in [-0.25, -0.2) is 0 Å². The predicted molar refractivity (Wildman–Crippen MR) is 93.5 cm³/mol. The van der Waals surface area contributed by atoms with Crippen LogP contribution in [0.1, 0.15) is 83.3 Å². The molecule has 126 valence electrons. The van der Waals surface area contributed by atoms with E-state index in [0.717, 1.165) is 30.8 Å². The van der Waals surface area contributed by atoms with Crippen molar-refractivity contribution in [1.29, 1.82) is 0 Å². The Labute approximate surface area is 140 Å². The third-order valence-electron chi connectivity index (χ3n) is 6.35. The number of unbranched alkanes of at least 4 members (excludes halogenated alkanes) is 2. The summed E-state index contributed by atoms with van der Waals surface area (Å²) in [5.41, 5.74) is 2.71. The van der Waals surface area contributed by atoms with Crippen LogP contribution in [0.4, 0.5) is 0 Å². The van der Waals surface area contributed by atoms with E-state index < -0.39 is 0 Å². The Morgan fingerprint density at radius 1 is 1.09 bits per heavy atom. The van der Waals surface area contributed by atoms with E-state index in [1.165, 1.54) is 36.8 Å². The molecule has 3 atom stereocenters. The van der Waals surface area contributed by atoms with Crippen molar-refractivity contribution in [1.82, 2.24) is 0 Å². The van der Waals surface area contributed by atoms with E-state index in [9.17, 15) is 0 Å². The lowest BCUT2D eigenvalue weighted by atomic mass is 9.61. The molecule has 0 radical (unpaired) electrons. The fourth-order valence-electron chi connectivity index (χ4n) is 5.14. The minimum absolute atomic E-state index is 0.0287. The number of fused-ring (bicyclic) bond motifs is 1. The van der Waals surface area contributed by atoms with Crippen LogP contribution in [0.15, 0.2) is 12.1 Å². The van der Waals surface area contributed by atoms with Gasteiger partial charge in [0.15, 0.2) is 0 Å². The largest absolute Gasteiger partial charge is 0.487 e. The van der Waals surface area contributed by atoms with Crippen LogP contribution in [0.3, 0.4) is 0 Å². The molecule has 0 aromatic heterocycles. The van der Waals surface area contributed by atoms with E-state index in [1.54, 1.807) is 0 Å². The topological polar surface area (TPSA) is 18.5 Å². The Kier molecular flexibility index (Phi) is 3.44. The highest BCUT2D eigenvalue weighted by Gasteiger charge is 2.54. The molecule has 1 aromatic carbocycles. The molecule has 1 aromatic rings. The second-order valence-electron chi connectivity index (χ2n) is 8.68. The van der Waals surface area contributed by atoms with Crippen molar-refractivity contribution in [2.45, 2.75) is 89.8 Å². The van der Waals surface area contributed by atoms with Gasteiger partial charge in [0, 0.05) is 17.4 Å². The van der Waals surface area contributed by atoms with E-state index in [1.807, 2.05) is 0 Å². The summed E-state index contributed by atoms with van der Waals surface area (Å²) in [6.07, 6.45) is 8.45. The minimum Gasteiger partial charge on any atom is -0.487 e. The third-order valence-corrected chi connectivity index (χ3v) is 6.35. The first-order chi connectivity index (χ1) is 10.9. The molecule has 0 amide bonds. The number of ether oxygens (including phenoxy) is 2. The molecule has 0 N–H and O–H groups in total. The average Bonchev–Trinajstić information content (AvgIpc) is 2.45. The number of hydrogen-bond donors (Lipinski definition) is 0. The molecule has 0 saturated heterocycles. The van der Waals surface area contributed by atoms with Gasteiger partial charge in [-0.15, -0.1) is 0 Å². The molecule has 1 aliphatic carbocycles. The molecule has 2 nitrogen and oxygen atoms in total. The second kappa shape index (κ2) is 5.16. The monoisotopic (exact) mass is 314 g/mol. The summed E-state index contributed by atoms with van der Waals surface area (Å²) in [4.78, 5) is 0. The molecule has 3 aliphatic rings. The third kappa shape index (κ3) is 2.45. The van der Waals surface area contributed by atoms with E-state index >= 15 is 0 Å². The molecule has 23 heavy (non-hydrogen) atoms. The van der Waals surface area contributed by atoms with Gasteiger partial charge in [0.1, 0.15) is 22.7 Å². The van der Waals surface area contributed by atoms with Crippen LogP contribution in [0.2, 0.25) is 0 Å². The van der Waals surface area contributed by atoms with E-state index in [2.05, 4.69) is 39.8 Å². The van der Waals surface area contributed by atoms with Gasteiger partial charge in [0.05, 0.1) is 0 Å². The maximum absolute atomic E-state index is 6.49. The van der Waals surface area contributed by atoms with Gasteiger partial charge in [-0.05, 0) is 70.6 Å². The smallest absolute Gasteiger partial charge is 0.127 e. The maximum atomic E-state index is 6.49. The molecule has 1 fully saturated rings. The van der Waals surface area contributed by atoms with Crippen molar-refractivity contribution in [3.63, 3.8) is 0 Å². The summed E-state index contributed by atoms with van der Waals surface area (Å²) in [6, 6.07) is 4.61. The number of benzene rings is 1. The standard InChI is InChI=1S/C21H30O2/c1-5-6-7-8-14-11-17-19-15-13-21(4,23-18(19)12-14)10-9-16(15)20(2,3)22-17/h11-12,15-16H,5-10,13H2,1-4H3/t15-,16+,21?/m1/s1. The molecule has 0 spiro atoms. The SMILES string of the molecule is CCCCCc1cc2c3c(c1)OC(C)(C)[C@H]1CCC(C)(C[C@@H]31)O2. The Hall–Kier alpha value is -1.18. The lowest BCUT2D eigenvalue weighted by Crippen LogP contribution is -2.53. The van der Waals surface area contributed by atoms with Gasteiger partial charge < -0.3 is 9.47 Å². The van der Waals surface area contributed by atoms with Crippen molar-refractivity contribution in [3.05, 3.63) is 23.3 Å². The highest BCUT2D eigenvalue weighted by atomic mass is 16.5. The summed E-state index contributed by atoms with van der Waals surface area (Å²) in [7, 11) is 0. The molecule has 2 aliphatic heterocycles. The highest BCUT2D eigenvalue weighted by Crippen LogP contribution is 2.60.